The maximum Gasteiger partial charge on any atom is 0.155 e. The summed E-state index contributed by atoms with van der Waals surface area (Å²) in [5.41, 5.74) is 1.21. The molecule has 0 unspecified atom stereocenters. The molecule has 2 nitrogen and oxygen atoms in total. The van der Waals surface area contributed by atoms with Crippen molar-refractivity contribution in [3.05, 3.63) is 63.6 Å². The predicted octanol–water partition coefficient (Wildman–Crippen LogP) is 4.38. The lowest BCUT2D eigenvalue weighted by Gasteiger charge is -2.10. The van der Waals surface area contributed by atoms with E-state index in [1.165, 1.54) is 0 Å². The minimum absolute atomic E-state index is 0.293. The summed E-state index contributed by atoms with van der Waals surface area (Å²) < 4.78 is 5.58. The lowest BCUT2D eigenvalue weighted by atomic mass is 10.2. The Bertz CT molecular complexity index is 567. The largest absolute Gasteiger partial charge is 0.488 e. The van der Waals surface area contributed by atoms with Gasteiger partial charge in [0.2, 0.25) is 0 Å². The molecule has 0 aromatic heterocycles. The molecule has 18 heavy (non-hydrogen) atoms. The van der Waals surface area contributed by atoms with E-state index in [9.17, 15) is 4.79 Å². The van der Waals surface area contributed by atoms with Crippen molar-refractivity contribution in [1.82, 2.24) is 0 Å². The van der Waals surface area contributed by atoms with Gasteiger partial charge in [-0.2, -0.15) is 0 Å². The van der Waals surface area contributed by atoms with Gasteiger partial charge in [-0.1, -0.05) is 47.5 Å². The topological polar surface area (TPSA) is 26.3 Å². The van der Waals surface area contributed by atoms with Crippen molar-refractivity contribution in [3.8, 4) is 5.75 Å². The van der Waals surface area contributed by atoms with E-state index >= 15 is 0 Å². The molecule has 0 radical (unpaired) electrons. The highest BCUT2D eigenvalue weighted by atomic mass is 35.5. The quantitative estimate of drug-likeness (QED) is 0.777. The SMILES string of the molecule is O=Cc1c(Cl)cccc1OCc1ccccc1Cl. The van der Waals surface area contributed by atoms with E-state index in [-0.39, 0.29) is 0 Å². The van der Waals surface area contributed by atoms with Crippen molar-refractivity contribution in [3.63, 3.8) is 0 Å². The van der Waals surface area contributed by atoms with Crippen LogP contribution in [0.1, 0.15) is 15.9 Å². The van der Waals surface area contributed by atoms with E-state index in [0.717, 1.165) is 5.56 Å². The third-order valence-corrected chi connectivity index (χ3v) is 3.17. The minimum Gasteiger partial charge on any atom is -0.488 e. The van der Waals surface area contributed by atoms with Crippen LogP contribution in [0.5, 0.6) is 5.75 Å². The molecule has 0 fully saturated rings. The second kappa shape index (κ2) is 5.89. The van der Waals surface area contributed by atoms with Gasteiger partial charge in [-0.15, -0.1) is 0 Å². The van der Waals surface area contributed by atoms with Gasteiger partial charge in [-0.25, -0.2) is 0 Å². The molecule has 92 valence electrons. The highest BCUT2D eigenvalue weighted by molar-refractivity contribution is 6.33. The van der Waals surface area contributed by atoms with Gasteiger partial charge in [0.25, 0.3) is 0 Å². The van der Waals surface area contributed by atoms with Gasteiger partial charge in [0.15, 0.2) is 6.29 Å². The Balaban J connectivity index is 2.18. The second-order valence-electron chi connectivity index (χ2n) is 3.65. The van der Waals surface area contributed by atoms with Crippen molar-refractivity contribution in [2.75, 3.05) is 0 Å². The number of hydrogen-bond acceptors (Lipinski definition) is 2. The third-order valence-electron chi connectivity index (χ3n) is 2.47. The van der Waals surface area contributed by atoms with Crippen molar-refractivity contribution < 1.29 is 9.53 Å². The summed E-state index contributed by atoms with van der Waals surface area (Å²) in [6.07, 6.45) is 0.685. The first-order valence-electron chi connectivity index (χ1n) is 5.32. The average Bonchev–Trinajstić information content (AvgIpc) is 2.38. The molecule has 2 aromatic carbocycles. The zero-order valence-electron chi connectivity index (χ0n) is 9.40. The van der Waals surface area contributed by atoms with Crippen LogP contribution >= 0.6 is 23.2 Å². The zero-order valence-corrected chi connectivity index (χ0v) is 10.9. The van der Waals surface area contributed by atoms with Crippen LogP contribution in [0.3, 0.4) is 0 Å². The summed E-state index contributed by atoms with van der Waals surface area (Å²) in [4.78, 5) is 10.9. The van der Waals surface area contributed by atoms with Crippen LogP contribution in [0.15, 0.2) is 42.5 Å². The molecule has 0 aliphatic carbocycles. The number of rotatable bonds is 4. The lowest BCUT2D eigenvalue weighted by Crippen LogP contribution is -1.99. The normalized spacial score (nSPS) is 10.1. The maximum absolute atomic E-state index is 10.9. The molecule has 0 bridgehead atoms. The Labute approximate surface area is 115 Å². The fourth-order valence-corrected chi connectivity index (χ4v) is 1.93. The molecule has 0 spiro atoms. The fraction of sp³-hybridized carbons (Fsp3) is 0.0714. The Kier molecular flexibility index (Phi) is 4.24. The molecule has 0 saturated heterocycles. The van der Waals surface area contributed by atoms with E-state index in [4.69, 9.17) is 27.9 Å². The van der Waals surface area contributed by atoms with Crippen LogP contribution in [-0.2, 0) is 6.61 Å². The van der Waals surface area contributed by atoms with Crippen LogP contribution in [0.25, 0.3) is 0 Å². The summed E-state index contributed by atoms with van der Waals surface area (Å²) in [6.45, 7) is 0.293. The van der Waals surface area contributed by atoms with Crippen LogP contribution < -0.4 is 4.74 Å². The van der Waals surface area contributed by atoms with Crippen LogP contribution in [0.4, 0.5) is 0 Å². The van der Waals surface area contributed by atoms with E-state index in [1.54, 1.807) is 24.3 Å². The highest BCUT2D eigenvalue weighted by Gasteiger charge is 2.08. The first kappa shape index (κ1) is 12.9. The molecule has 0 amide bonds. The molecule has 0 aliphatic heterocycles. The number of hydrogen-bond donors (Lipinski definition) is 0. The van der Waals surface area contributed by atoms with Gasteiger partial charge < -0.3 is 4.74 Å². The Morgan fingerprint density at radius 2 is 1.72 bits per heavy atom. The van der Waals surface area contributed by atoms with Gasteiger partial charge in [-0.05, 0) is 18.2 Å². The molecule has 0 saturated carbocycles. The summed E-state index contributed by atoms with van der Waals surface area (Å²) in [5.74, 6) is 0.456. The summed E-state index contributed by atoms with van der Waals surface area (Å²) in [6, 6.07) is 12.5. The number of carbonyl (C=O) groups is 1. The van der Waals surface area contributed by atoms with Crippen molar-refractivity contribution >= 4 is 29.5 Å². The van der Waals surface area contributed by atoms with Gasteiger partial charge in [0, 0.05) is 10.6 Å². The Morgan fingerprint density at radius 3 is 2.44 bits per heavy atom. The molecule has 0 heterocycles. The minimum atomic E-state index is 0.293. The van der Waals surface area contributed by atoms with E-state index < -0.39 is 0 Å². The van der Waals surface area contributed by atoms with Gasteiger partial charge >= 0.3 is 0 Å². The van der Waals surface area contributed by atoms with Gasteiger partial charge in [0.1, 0.15) is 12.4 Å². The molecule has 0 atom stereocenters. The molecule has 0 N–H and O–H groups in total. The van der Waals surface area contributed by atoms with E-state index in [0.29, 0.717) is 34.3 Å². The highest BCUT2D eigenvalue weighted by Crippen LogP contribution is 2.26. The first-order valence-corrected chi connectivity index (χ1v) is 6.08. The first-order chi connectivity index (χ1) is 8.72. The third kappa shape index (κ3) is 2.84. The van der Waals surface area contributed by atoms with Crippen molar-refractivity contribution in [2.45, 2.75) is 6.61 Å². The number of aldehydes is 1. The Morgan fingerprint density at radius 1 is 1.00 bits per heavy atom. The number of carbonyl (C=O) groups excluding carboxylic acids is 1. The van der Waals surface area contributed by atoms with E-state index in [2.05, 4.69) is 0 Å². The lowest BCUT2D eigenvalue weighted by molar-refractivity contribution is 0.111. The summed E-state index contributed by atoms with van der Waals surface area (Å²) >= 11 is 11.9. The van der Waals surface area contributed by atoms with Crippen LogP contribution in [0.2, 0.25) is 10.0 Å². The van der Waals surface area contributed by atoms with Crippen molar-refractivity contribution in [2.24, 2.45) is 0 Å². The second-order valence-corrected chi connectivity index (χ2v) is 4.46. The molecule has 2 rings (SSSR count). The molecular formula is C14H10Cl2O2. The molecule has 2 aromatic rings. The van der Waals surface area contributed by atoms with Crippen LogP contribution in [0, 0.1) is 0 Å². The van der Waals surface area contributed by atoms with Gasteiger partial charge in [-0.3, -0.25) is 4.79 Å². The van der Waals surface area contributed by atoms with Gasteiger partial charge in [0.05, 0.1) is 10.6 Å². The average molecular weight is 281 g/mol. The molecule has 0 aliphatic rings. The van der Waals surface area contributed by atoms with Crippen LogP contribution in [-0.4, -0.2) is 6.29 Å². The monoisotopic (exact) mass is 280 g/mol. The molecule has 4 heteroatoms. The number of ether oxygens (including phenoxy) is 1. The summed E-state index contributed by atoms with van der Waals surface area (Å²) in [5, 5.41) is 1.01. The standard InChI is InChI=1S/C14H10Cl2O2/c15-12-5-2-1-4-10(12)9-18-14-7-3-6-13(16)11(14)8-17/h1-8H,9H2. The number of halogens is 2. The zero-order chi connectivity index (χ0) is 13.0. The predicted molar refractivity (Wildman–Crippen MR) is 72.6 cm³/mol. The maximum atomic E-state index is 10.9. The smallest absolute Gasteiger partial charge is 0.155 e. The van der Waals surface area contributed by atoms with Crippen molar-refractivity contribution in [1.29, 1.82) is 0 Å². The van der Waals surface area contributed by atoms with E-state index in [1.807, 2.05) is 18.2 Å². The Hall–Kier alpha value is -1.51. The summed E-state index contributed by atoms with van der Waals surface area (Å²) in [7, 11) is 0. The molecular weight excluding hydrogens is 271 g/mol. The number of benzene rings is 2. The fourth-order valence-electron chi connectivity index (χ4n) is 1.53.